The smallest absolute Gasteiger partial charge is 0.209 e. The van der Waals surface area contributed by atoms with Gasteiger partial charge in [0.15, 0.2) is 0 Å². The van der Waals surface area contributed by atoms with E-state index < -0.39 is 10.0 Å². The van der Waals surface area contributed by atoms with E-state index in [1.807, 2.05) is 0 Å². The summed E-state index contributed by atoms with van der Waals surface area (Å²) < 4.78 is 38.5. The first-order valence-electron chi connectivity index (χ1n) is 6.18. The third kappa shape index (κ3) is 3.53. The van der Waals surface area contributed by atoms with E-state index in [1.165, 1.54) is 18.4 Å². The van der Waals surface area contributed by atoms with Crippen LogP contribution < -0.4 is 4.72 Å². The summed E-state index contributed by atoms with van der Waals surface area (Å²) >= 11 is 0. The Bertz CT molecular complexity index is 492. The molecule has 0 spiro atoms. The largest absolute Gasteiger partial charge is 0.213 e. The summed E-state index contributed by atoms with van der Waals surface area (Å²) in [6.45, 7) is 0. The fraction of sp³-hybridized carbons (Fsp3) is 0.538. The van der Waals surface area contributed by atoms with Gasteiger partial charge in [0.05, 0.1) is 6.26 Å². The van der Waals surface area contributed by atoms with Crippen molar-refractivity contribution >= 4 is 10.0 Å². The van der Waals surface area contributed by atoms with Crippen LogP contribution in [0.1, 0.15) is 37.3 Å². The van der Waals surface area contributed by atoms with E-state index in [9.17, 15) is 12.8 Å². The second-order valence-corrected chi connectivity index (χ2v) is 6.74. The average molecular weight is 271 g/mol. The topological polar surface area (TPSA) is 46.2 Å². The Labute approximate surface area is 107 Å². The first-order chi connectivity index (χ1) is 8.46. The zero-order valence-electron chi connectivity index (χ0n) is 10.4. The summed E-state index contributed by atoms with van der Waals surface area (Å²) in [7, 11) is -3.26. The van der Waals surface area contributed by atoms with Crippen molar-refractivity contribution in [2.75, 3.05) is 6.26 Å². The first kappa shape index (κ1) is 13.5. The van der Waals surface area contributed by atoms with Gasteiger partial charge >= 0.3 is 0 Å². The van der Waals surface area contributed by atoms with Gasteiger partial charge in [0, 0.05) is 6.04 Å². The molecule has 1 unspecified atom stereocenters. The van der Waals surface area contributed by atoms with Crippen molar-refractivity contribution in [3.05, 3.63) is 35.6 Å². The number of hydrogen-bond acceptors (Lipinski definition) is 2. The zero-order valence-corrected chi connectivity index (χ0v) is 11.2. The first-order valence-corrected chi connectivity index (χ1v) is 8.07. The monoisotopic (exact) mass is 271 g/mol. The standard InChI is InChI=1S/C13H18FNO2S/c1-18(16,17)15-13(10-4-2-3-5-10)11-6-8-12(14)9-7-11/h6-10,13,15H,2-5H2,1H3. The molecular formula is C13H18FNO2S. The van der Waals surface area contributed by atoms with E-state index >= 15 is 0 Å². The summed E-state index contributed by atoms with van der Waals surface area (Å²) in [5.41, 5.74) is 0.841. The molecule has 0 amide bonds. The lowest BCUT2D eigenvalue weighted by Gasteiger charge is -2.24. The maximum atomic E-state index is 12.9. The minimum atomic E-state index is -3.26. The lowest BCUT2D eigenvalue weighted by molar-refractivity contribution is 0.411. The summed E-state index contributed by atoms with van der Waals surface area (Å²) in [6, 6.07) is 5.85. The van der Waals surface area contributed by atoms with E-state index in [1.54, 1.807) is 12.1 Å². The van der Waals surface area contributed by atoms with Crippen LogP contribution in [-0.4, -0.2) is 14.7 Å². The predicted octanol–water partition coefficient (Wildman–Crippen LogP) is 2.61. The normalized spacial score (nSPS) is 19.0. The highest BCUT2D eigenvalue weighted by Gasteiger charge is 2.28. The zero-order chi connectivity index (χ0) is 13.2. The van der Waals surface area contributed by atoms with Crippen LogP contribution in [-0.2, 0) is 10.0 Å². The molecule has 0 aliphatic heterocycles. The third-order valence-electron chi connectivity index (χ3n) is 3.44. The Hall–Kier alpha value is -0.940. The molecule has 3 nitrogen and oxygen atoms in total. The molecule has 18 heavy (non-hydrogen) atoms. The minimum absolute atomic E-state index is 0.233. The van der Waals surface area contributed by atoms with Crippen molar-refractivity contribution in [3.63, 3.8) is 0 Å². The van der Waals surface area contributed by atoms with E-state index in [0.717, 1.165) is 31.2 Å². The van der Waals surface area contributed by atoms with Crippen molar-refractivity contribution in [1.29, 1.82) is 0 Å². The Kier molecular flexibility index (Phi) is 4.02. The van der Waals surface area contributed by atoms with Crippen LogP contribution >= 0.6 is 0 Å². The van der Waals surface area contributed by atoms with Crippen LogP contribution in [0.15, 0.2) is 24.3 Å². The molecular weight excluding hydrogens is 253 g/mol. The molecule has 1 aliphatic carbocycles. The van der Waals surface area contributed by atoms with Gasteiger partial charge in [0.25, 0.3) is 0 Å². The molecule has 100 valence electrons. The second-order valence-electron chi connectivity index (χ2n) is 4.96. The lowest BCUT2D eigenvalue weighted by Crippen LogP contribution is -2.31. The molecule has 0 bridgehead atoms. The molecule has 1 aromatic carbocycles. The van der Waals surface area contributed by atoms with Crippen LogP contribution in [0.5, 0.6) is 0 Å². The van der Waals surface area contributed by atoms with Gasteiger partial charge in [-0.1, -0.05) is 25.0 Å². The predicted molar refractivity (Wildman–Crippen MR) is 69.1 cm³/mol. The van der Waals surface area contributed by atoms with Gasteiger partial charge in [-0.2, -0.15) is 0 Å². The molecule has 0 aromatic heterocycles. The number of sulfonamides is 1. The highest BCUT2D eigenvalue weighted by atomic mass is 32.2. The van der Waals surface area contributed by atoms with Gasteiger partial charge in [0.1, 0.15) is 5.82 Å². The van der Waals surface area contributed by atoms with Crippen molar-refractivity contribution in [2.45, 2.75) is 31.7 Å². The Balaban J connectivity index is 2.25. The van der Waals surface area contributed by atoms with Gasteiger partial charge < -0.3 is 0 Å². The molecule has 1 saturated carbocycles. The number of benzene rings is 1. The maximum absolute atomic E-state index is 12.9. The van der Waals surface area contributed by atoms with Crippen molar-refractivity contribution in [3.8, 4) is 0 Å². The molecule has 1 aliphatic rings. The highest BCUT2D eigenvalue weighted by Crippen LogP contribution is 2.36. The number of nitrogens with one attached hydrogen (secondary N) is 1. The summed E-state index contributed by atoms with van der Waals surface area (Å²) in [5, 5.41) is 0. The summed E-state index contributed by atoms with van der Waals surface area (Å²) in [6.07, 6.45) is 5.47. The summed E-state index contributed by atoms with van der Waals surface area (Å²) in [5.74, 6) is 0.00784. The van der Waals surface area contributed by atoms with Crippen LogP contribution in [0.25, 0.3) is 0 Å². The number of halogens is 1. The molecule has 0 heterocycles. The highest BCUT2D eigenvalue weighted by molar-refractivity contribution is 7.88. The molecule has 0 radical (unpaired) electrons. The van der Waals surface area contributed by atoms with Gasteiger partial charge in [-0.25, -0.2) is 17.5 Å². The Morgan fingerprint density at radius 1 is 1.22 bits per heavy atom. The van der Waals surface area contributed by atoms with E-state index in [0.29, 0.717) is 5.92 Å². The van der Waals surface area contributed by atoms with Crippen molar-refractivity contribution in [1.82, 2.24) is 4.72 Å². The van der Waals surface area contributed by atoms with Gasteiger partial charge in [-0.3, -0.25) is 0 Å². The van der Waals surface area contributed by atoms with Crippen LogP contribution in [0.4, 0.5) is 4.39 Å². The van der Waals surface area contributed by atoms with Crippen LogP contribution in [0, 0.1) is 11.7 Å². The molecule has 1 fully saturated rings. The van der Waals surface area contributed by atoms with E-state index in [4.69, 9.17) is 0 Å². The van der Waals surface area contributed by atoms with Gasteiger partial charge in [-0.05, 0) is 36.5 Å². The van der Waals surface area contributed by atoms with E-state index in [-0.39, 0.29) is 11.9 Å². The molecule has 1 N–H and O–H groups in total. The van der Waals surface area contributed by atoms with Crippen LogP contribution in [0.2, 0.25) is 0 Å². The fourth-order valence-corrected chi connectivity index (χ4v) is 3.42. The second kappa shape index (κ2) is 5.36. The maximum Gasteiger partial charge on any atom is 0.209 e. The lowest BCUT2D eigenvalue weighted by atomic mass is 9.92. The Morgan fingerprint density at radius 3 is 2.28 bits per heavy atom. The number of hydrogen-bond donors (Lipinski definition) is 1. The van der Waals surface area contributed by atoms with Gasteiger partial charge in [-0.15, -0.1) is 0 Å². The number of rotatable bonds is 4. The Morgan fingerprint density at radius 2 is 1.78 bits per heavy atom. The summed E-state index contributed by atoms with van der Waals surface area (Å²) in [4.78, 5) is 0. The SMILES string of the molecule is CS(=O)(=O)NC(c1ccc(F)cc1)C1CCCC1. The van der Waals surface area contributed by atoms with Crippen LogP contribution in [0.3, 0.4) is 0 Å². The average Bonchev–Trinajstić information content (AvgIpc) is 2.79. The molecule has 0 saturated heterocycles. The van der Waals surface area contributed by atoms with E-state index in [2.05, 4.69) is 4.72 Å². The van der Waals surface area contributed by atoms with Crippen molar-refractivity contribution < 1.29 is 12.8 Å². The quantitative estimate of drug-likeness (QED) is 0.915. The fourth-order valence-electron chi connectivity index (χ4n) is 2.63. The molecule has 1 aromatic rings. The van der Waals surface area contributed by atoms with Gasteiger partial charge in [0.2, 0.25) is 10.0 Å². The molecule has 2 rings (SSSR count). The minimum Gasteiger partial charge on any atom is -0.213 e. The third-order valence-corrected chi connectivity index (χ3v) is 4.12. The molecule has 1 atom stereocenters. The van der Waals surface area contributed by atoms with Crippen molar-refractivity contribution in [2.24, 2.45) is 5.92 Å². The molecule has 5 heteroatoms.